The van der Waals surface area contributed by atoms with Crippen molar-refractivity contribution < 1.29 is 14.3 Å². The van der Waals surface area contributed by atoms with E-state index in [1.165, 1.54) is 5.56 Å². The number of carbonyl (C=O) groups is 2. The monoisotopic (exact) mass is 346 g/mol. The molecule has 1 atom stereocenters. The average Bonchev–Trinajstić information content (AvgIpc) is 2.64. The van der Waals surface area contributed by atoms with Gasteiger partial charge in [0, 0.05) is 19.0 Å². The van der Waals surface area contributed by atoms with Crippen molar-refractivity contribution in [1.82, 2.24) is 10.2 Å². The van der Waals surface area contributed by atoms with Gasteiger partial charge in [0.05, 0.1) is 13.7 Å². The molecule has 1 saturated heterocycles. The standard InChI is InChI=1S/C20H30N2O3/c1-15(2)20(24)21-13-19(23)22-11-5-7-17(14-22)10-9-16-6-4-8-18(12-16)25-3/h4,6,8,12,15,17H,5,7,9-11,13-14H2,1-3H3,(H,21,24). The summed E-state index contributed by atoms with van der Waals surface area (Å²) in [5, 5.41) is 2.72. The highest BCUT2D eigenvalue weighted by atomic mass is 16.5. The first-order valence-electron chi connectivity index (χ1n) is 9.18. The largest absolute Gasteiger partial charge is 0.497 e. The molecular weight excluding hydrogens is 316 g/mol. The number of carbonyl (C=O) groups excluding carboxylic acids is 2. The van der Waals surface area contributed by atoms with E-state index in [-0.39, 0.29) is 24.3 Å². The van der Waals surface area contributed by atoms with Gasteiger partial charge >= 0.3 is 0 Å². The average molecular weight is 346 g/mol. The molecule has 1 aliphatic heterocycles. The summed E-state index contributed by atoms with van der Waals surface area (Å²) in [5.74, 6) is 1.27. The third-order valence-electron chi connectivity index (χ3n) is 4.79. The minimum atomic E-state index is -0.0928. The summed E-state index contributed by atoms with van der Waals surface area (Å²) >= 11 is 0. The van der Waals surface area contributed by atoms with Crippen LogP contribution in [0.1, 0.15) is 38.7 Å². The summed E-state index contributed by atoms with van der Waals surface area (Å²) in [7, 11) is 1.68. The lowest BCUT2D eigenvalue weighted by atomic mass is 9.91. The molecule has 0 aromatic heterocycles. The molecule has 1 unspecified atom stereocenters. The van der Waals surface area contributed by atoms with Crippen LogP contribution in [0.4, 0.5) is 0 Å². The Kier molecular flexibility index (Phi) is 7.29. The van der Waals surface area contributed by atoms with Gasteiger partial charge in [-0.3, -0.25) is 9.59 Å². The summed E-state index contributed by atoms with van der Waals surface area (Å²) in [6.45, 7) is 5.36. The number of methoxy groups -OCH3 is 1. The van der Waals surface area contributed by atoms with Gasteiger partial charge in [0.2, 0.25) is 11.8 Å². The highest BCUT2D eigenvalue weighted by Crippen LogP contribution is 2.23. The molecule has 0 bridgehead atoms. The van der Waals surface area contributed by atoms with Crippen LogP contribution in [0.3, 0.4) is 0 Å². The van der Waals surface area contributed by atoms with Crippen molar-refractivity contribution in [2.45, 2.75) is 39.5 Å². The quantitative estimate of drug-likeness (QED) is 0.826. The van der Waals surface area contributed by atoms with Crippen molar-refractivity contribution in [3.8, 4) is 5.75 Å². The first-order valence-corrected chi connectivity index (χ1v) is 9.18. The lowest BCUT2D eigenvalue weighted by Crippen LogP contribution is -2.45. The van der Waals surface area contributed by atoms with Crippen molar-refractivity contribution in [2.75, 3.05) is 26.7 Å². The topological polar surface area (TPSA) is 58.6 Å². The van der Waals surface area contributed by atoms with Gasteiger partial charge in [0.1, 0.15) is 5.75 Å². The molecule has 1 aromatic carbocycles. The van der Waals surface area contributed by atoms with Crippen LogP contribution in [0.25, 0.3) is 0 Å². The molecule has 1 aromatic rings. The number of benzene rings is 1. The molecule has 0 saturated carbocycles. The van der Waals surface area contributed by atoms with E-state index >= 15 is 0 Å². The second-order valence-electron chi connectivity index (χ2n) is 7.11. The first kappa shape index (κ1) is 19.3. The molecule has 5 heteroatoms. The number of nitrogens with zero attached hydrogens (tertiary/aromatic N) is 1. The van der Waals surface area contributed by atoms with Crippen molar-refractivity contribution in [3.63, 3.8) is 0 Å². The van der Waals surface area contributed by atoms with Crippen LogP contribution in [0, 0.1) is 11.8 Å². The SMILES string of the molecule is COc1cccc(CCC2CCCN(C(=O)CNC(=O)C(C)C)C2)c1. The Balaban J connectivity index is 1.79. The zero-order chi connectivity index (χ0) is 18.2. The molecule has 2 amide bonds. The molecule has 138 valence electrons. The molecule has 0 radical (unpaired) electrons. The van der Waals surface area contributed by atoms with Gasteiger partial charge in [-0.25, -0.2) is 0 Å². The van der Waals surface area contributed by atoms with E-state index in [4.69, 9.17) is 4.74 Å². The third kappa shape index (κ3) is 6.07. The maximum Gasteiger partial charge on any atom is 0.241 e. The van der Waals surface area contributed by atoms with Crippen molar-refractivity contribution in [3.05, 3.63) is 29.8 Å². The lowest BCUT2D eigenvalue weighted by Gasteiger charge is -2.33. The minimum absolute atomic E-state index is 0.0279. The van der Waals surface area contributed by atoms with Gasteiger partial charge in [0.15, 0.2) is 0 Å². The summed E-state index contributed by atoms with van der Waals surface area (Å²) in [4.78, 5) is 25.8. The molecule has 1 N–H and O–H groups in total. The Bertz CT molecular complexity index is 586. The molecule has 0 aliphatic carbocycles. The van der Waals surface area contributed by atoms with Gasteiger partial charge in [-0.2, -0.15) is 0 Å². The molecule has 0 spiro atoms. The minimum Gasteiger partial charge on any atom is -0.497 e. The van der Waals surface area contributed by atoms with Gasteiger partial charge in [-0.1, -0.05) is 26.0 Å². The smallest absolute Gasteiger partial charge is 0.241 e. The van der Waals surface area contributed by atoms with Gasteiger partial charge in [-0.15, -0.1) is 0 Å². The second kappa shape index (κ2) is 9.44. The molecule has 2 rings (SSSR count). The van der Waals surface area contributed by atoms with Crippen molar-refractivity contribution in [1.29, 1.82) is 0 Å². The number of ether oxygens (including phenoxy) is 1. The van der Waals surface area contributed by atoms with Crippen LogP contribution in [-0.4, -0.2) is 43.5 Å². The van der Waals surface area contributed by atoms with Crippen molar-refractivity contribution >= 4 is 11.8 Å². The van der Waals surface area contributed by atoms with Crippen LogP contribution in [0.15, 0.2) is 24.3 Å². The normalized spacial score (nSPS) is 17.4. The summed E-state index contributed by atoms with van der Waals surface area (Å²) in [6.07, 6.45) is 4.25. The third-order valence-corrected chi connectivity index (χ3v) is 4.79. The van der Waals surface area contributed by atoms with Crippen LogP contribution >= 0.6 is 0 Å². The highest BCUT2D eigenvalue weighted by Gasteiger charge is 2.23. The number of likely N-dealkylation sites (tertiary alicyclic amines) is 1. The molecular formula is C20H30N2O3. The molecule has 25 heavy (non-hydrogen) atoms. The van der Waals surface area contributed by atoms with Crippen LogP contribution in [0.2, 0.25) is 0 Å². The number of hydrogen-bond acceptors (Lipinski definition) is 3. The van der Waals surface area contributed by atoms with E-state index in [1.807, 2.05) is 30.9 Å². The Morgan fingerprint density at radius 3 is 2.88 bits per heavy atom. The maximum absolute atomic E-state index is 12.3. The number of hydrogen-bond donors (Lipinski definition) is 1. The van der Waals surface area contributed by atoms with E-state index in [2.05, 4.69) is 17.4 Å². The van der Waals surface area contributed by atoms with E-state index < -0.39 is 0 Å². The number of amides is 2. The van der Waals surface area contributed by atoms with E-state index in [9.17, 15) is 9.59 Å². The Morgan fingerprint density at radius 2 is 2.16 bits per heavy atom. The van der Waals surface area contributed by atoms with E-state index in [0.717, 1.165) is 44.5 Å². The number of nitrogens with one attached hydrogen (secondary N) is 1. The number of rotatable bonds is 7. The van der Waals surface area contributed by atoms with Gasteiger partial charge < -0.3 is 15.0 Å². The van der Waals surface area contributed by atoms with E-state index in [0.29, 0.717) is 5.92 Å². The Labute approximate surface area is 150 Å². The molecule has 1 fully saturated rings. The molecule has 1 heterocycles. The highest BCUT2D eigenvalue weighted by molar-refractivity contribution is 5.85. The molecule has 1 aliphatic rings. The van der Waals surface area contributed by atoms with Crippen LogP contribution < -0.4 is 10.1 Å². The first-order chi connectivity index (χ1) is 12.0. The fraction of sp³-hybridized carbons (Fsp3) is 0.600. The Morgan fingerprint density at radius 1 is 1.36 bits per heavy atom. The van der Waals surface area contributed by atoms with Crippen LogP contribution in [0.5, 0.6) is 5.75 Å². The summed E-state index contributed by atoms with van der Waals surface area (Å²) < 4.78 is 5.27. The fourth-order valence-corrected chi connectivity index (χ4v) is 3.20. The summed E-state index contributed by atoms with van der Waals surface area (Å²) in [6, 6.07) is 8.17. The van der Waals surface area contributed by atoms with Crippen molar-refractivity contribution in [2.24, 2.45) is 11.8 Å². The lowest BCUT2D eigenvalue weighted by molar-refractivity contribution is -0.135. The summed E-state index contributed by atoms with van der Waals surface area (Å²) in [5.41, 5.74) is 1.27. The van der Waals surface area contributed by atoms with Gasteiger partial charge in [0.25, 0.3) is 0 Å². The zero-order valence-electron chi connectivity index (χ0n) is 15.6. The fourth-order valence-electron chi connectivity index (χ4n) is 3.20. The predicted octanol–water partition coefficient (Wildman–Crippen LogP) is 2.64. The predicted molar refractivity (Wildman–Crippen MR) is 98.5 cm³/mol. The maximum atomic E-state index is 12.3. The van der Waals surface area contributed by atoms with E-state index in [1.54, 1.807) is 7.11 Å². The van der Waals surface area contributed by atoms with Crippen LogP contribution in [-0.2, 0) is 16.0 Å². The number of aryl methyl sites for hydroxylation is 1. The van der Waals surface area contributed by atoms with Gasteiger partial charge in [-0.05, 0) is 49.3 Å². The second-order valence-corrected chi connectivity index (χ2v) is 7.11. The molecule has 5 nitrogen and oxygen atoms in total. The zero-order valence-corrected chi connectivity index (χ0v) is 15.6. The number of piperidine rings is 1. The Hall–Kier alpha value is -2.04.